The lowest BCUT2D eigenvalue weighted by Crippen LogP contribution is -2.13. The van der Waals surface area contributed by atoms with Crippen LogP contribution in [0.4, 0.5) is 0 Å². The predicted molar refractivity (Wildman–Crippen MR) is 64.8 cm³/mol. The molecule has 0 radical (unpaired) electrons. The zero-order valence-electron chi connectivity index (χ0n) is 8.11. The van der Waals surface area contributed by atoms with Crippen molar-refractivity contribution in [3.8, 4) is 0 Å². The van der Waals surface area contributed by atoms with E-state index in [-0.39, 0.29) is 0 Å². The molecule has 0 aliphatic rings. The maximum atomic E-state index is 5.17. The van der Waals surface area contributed by atoms with Crippen LogP contribution in [0.3, 0.4) is 0 Å². The van der Waals surface area contributed by atoms with Gasteiger partial charge in [-0.2, -0.15) is 5.10 Å². The van der Waals surface area contributed by atoms with Crippen molar-refractivity contribution < 1.29 is 4.42 Å². The molecule has 0 unspecified atom stereocenters. The Kier molecular flexibility index (Phi) is 4.69. The van der Waals surface area contributed by atoms with Crippen molar-refractivity contribution >= 4 is 34.0 Å². The van der Waals surface area contributed by atoms with Gasteiger partial charge in [0.1, 0.15) is 11.5 Å². The first kappa shape index (κ1) is 11.3. The van der Waals surface area contributed by atoms with E-state index in [1.165, 1.54) is 0 Å². The maximum Gasteiger partial charge on any atom is 0.154 e. The minimum atomic E-state index is 0.679. The summed E-state index contributed by atoms with van der Waals surface area (Å²) in [5, 5.41) is 4.10. The second-order valence-electron chi connectivity index (χ2n) is 2.51. The van der Waals surface area contributed by atoms with E-state index < -0.39 is 0 Å². The molecular formula is C9H12N2OS2. The molecule has 0 amide bonds. The van der Waals surface area contributed by atoms with Crippen LogP contribution in [0, 0.1) is 0 Å². The highest BCUT2D eigenvalue weighted by Crippen LogP contribution is 2.03. The molecule has 0 aromatic carbocycles. The summed E-state index contributed by atoms with van der Waals surface area (Å²) in [7, 11) is 0. The monoisotopic (exact) mass is 228 g/mol. The Morgan fingerprint density at radius 2 is 2.50 bits per heavy atom. The summed E-state index contributed by atoms with van der Waals surface area (Å²) in [4.78, 5) is 0. The van der Waals surface area contributed by atoms with E-state index in [1.807, 2.05) is 26.0 Å². The number of thioether (sulfide) groups is 1. The summed E-state index contributed by atoms with van der Waals surface area (Å²) in [6, 6.07) is 3.68. The van der Waals surface area contributed by atoms with Gasteiger partial charge in [-0.25, -0.2) is 0 Å². The number of hydrogen-bond donors (Lipinski definition) is 1. The van der Waals surface area contributed by atoms with Gasteiger partial charge < -0.3 is 4.42 Å². The van der Waals surface area contributed by atoms with Crippen LogP contribution >= 0.6 is 24.0 Å². The highest BCUT2D eigenvalue weighted by atomic mass is 32.2. The summed E-state index contributed by atoms with van der Waals surface area (Å²) < 4.78 is 5.85. The lowest BCUT2D eigenvalue weighted by Gasteiger charge is -2.00. The Morgan fingerprint density at radius 3 is 3.07 bits per heavy atom. The Hall–Kier alpha value is -0.810. The number of furan rings is 1. The Balaban J connectivity index is 2.49. The molecule has 1 N–H and O–H groups in total. The highest BCUT2D eigenvalue weighted by molar-refractivity contribution is 8.22. The molecule has 0 spiro atoms. The van der Waals surface area contributed by atoms with E-state index >= 15 is 0 Å². The van der Waals surface area contributed by atoms with Crippen molar-refractivity contribution in [2.45, 2.75) is 13.8 Å². The van der Waals surface area contributed by atoms with Gasteiger partial charge in [0, 0.05) is 0 Å². The third-order valence-corrected chi connectivity index (χ3v) is 2.56. The molecular weight excluding hydrogens is 216 g/mol. The first-order valence-corrected chi connectivity index (χ1v) is 5.64. The molecule has 0 fully saturated rings. The summed E-state index contributed by atoms with van der Waals surface area (Å²) in [6.07, 6.45) is 1.62. The van der Waals surface area contributed by atoms with E-state index in [2.05, 4.69) is 10.5 Å². The van der Waals surface area contributed by atoms with Crippen LogP contribution in [0.1, 0.15) is 19.6 Å². The number of thiocarbonyl (C=S) groups is 1. The normalized spacial score (nSPS) is 11.4. The number of nitrogens with zero attached hydrogens (tertiary/aromatic N) is 1. The average Bonchev–Trinajstić information content (AvgIpc) is 2.67. The van der Waals surface area contributed by atoms with Crippen LogP contribution in [0.2, 0.25) is 0 Å². The maximum absolute atomic E-state index is 5.17. The quantitative estimate of drug-likeness (QED) is 0.490. The molecule has 1 aromatic heterocycles. The number of nitrogens with one attached hydrogen (secondary N) is 1. The average molecular weight is 228 g/mol. The molecule has 0 aliphatic carbocycles. The highest BCUT2D eigenvalue weighted by Gasteiger charge is 1.99. The molecule has 1 heterocycles. The standard InChI is InChI=1S/C9H12N2OS2/c1-3-14-9(13)11-10-7(2)8-5-4-6-12-8/h4-6H,3H2,1-2H3,(H,11,13). The fourth-order valence-corrected chi connectivity index (χ4v) is 1.60. The number of rotatable bonds is 3. The lowest BCUT2D eigenvalue weighted by atomic mass is 10.3. The van der Waals surface area contributed by atoms with Crippen LogP contribution < -0.4 is 5.43 Å². The smallest absolute Gasteiger partial charge is 0.154 e. The molecule has 5 heteroatoms. The van der Waals surface area contributed by atoms with Crippen molar-refractivity contribution in [3.63, 3.8) is 0 Å². The van der Waals surface area contributed by atoms with Crippen molar-refractivity contribution in [3.05, 3.63) is 24.2 Å². The van der Waals surface area contributed by atoms with Gasteiger partial charge in [0.2, 0.25) is 0 Å². The van der Waals surface area contributed by atoms with Crippen molar-refractivity contribution in [2.75, 3.05) is 5.75 Å². The van der Waals surface area contributed by atoms with Gasteiger partial charge in [-0.1, -0.05) is 30.9 Å². The van der Waals surface area contributed by atoms with Gasteiger partial charge in [-0.05, 0) is 24.8 Å². The van der Waals surface area contributed by atoms with Crippen molar-refractivity contribution in [1.29, 1.82) is 0 Å². The minimum Gasteiger partial charge on any atom is -0.463 e. The first-order valence-electron chi connectivity index (χ1n) is 4.25. The van der Waals surface area contributed by atoms with Crippen molar-refractivity contribution in [1.82, 2.24) is 5.43 Å². The molecule has 0 saturated carbocycles. The fraction of sp³-hybridized carbons (Fsp3) is 0.333. The van der Waals surface area contributed by atoms with E-state index in [9.17, 15) is 0 Å². The van der Waals surface area contributed by atoms with E-state index in [0.717, 1.165) is 17.2 Å². The molecule has 3 nitrogen and oxygen atoms in total. The van der Waals surface area contributed by atoms with Crippen LogP contribution in [0.5, 0.6) is 0 Å². The molecule has 0 bridgehead atoms. The molecule has 1 rings (SSSR count). The van der Waals surface area contributed by atoms with Gasteiger partial charge >= 0.3 is 0 Å². The molecule has 0 atom stereocenters. The summed E-state index contributed by atoms with van der Waals surface area (Å²) in [5.41, 5.74) is 3.58. The van der Waals surface area contributed by atoms with Crippen LogP contribution in [0.15, 0.2) is 27.9 Å². The minimum absolute atomic E-state index is 0.679. The topological polar surface area (TPSA) is 37.5 Å². The molecule has 1 aromatic rings. The van der Waals surface area contributed by atoms with Gasteiger partial charge in [0.25, 0.3) is 0 Å². The summed E-state index contributed by atoms with van der Waals surface area (Å²) in [6.45, 7) is 3.91. The largest absolute Gasteiger partial charge is 0.463 e. The molecule has 0 saturated heterocycles. The van der Waals surface area contributed by atoms with Gasteiger partial charge in [-0.3, -0.25) is 5.43 Å². The predicted octanol–water partition coefficient (Wildman–Crippen LogP) is 2.63. The third-order valence-electron chi connectivity index (χ3n) is 1.47. The molecule has 14 heavy (non-hydrogen) atoms. The van der Waals surface area contributed by atoms with Gasteiger partial charge in [0.15, 0.2) is 4.32 Å². The summed E-state index contributed by atoms with van der Waals surface area (Å²) >= 11 is 6.57. The first-order chi connectivity index (χ1) is 6.74. The van der Waals surface area contributed by atoms with E-state index in [0.29, 0.717) is 4.32 Å². The van der Waals surface area contributed by atoms with E-state index in [1.54, 1.807) is 18.0 Å². The Morgan fingerprint density at radius 1 is 1.71 bits per heavy atom. The Bertz CT molecular complexity index is 320. The second-order valence-corrected chi connectivity index (χ2v) is 4.45. The zero-order valence-corrected chi connectivity index (χ0v) is 9.74. The number of hydrogen-bond acceptors (Lipinski definition) is 4. The summed E-state index contributed by atoms with van der Waals surface area (Å²) in [5.74, 6) is 1.70. The Labute approximate surface area is 92.9 Å². The molecule has 0 aliphatic heterocycles. The molecule has 76 valence electrons. The zero-order chi connectivity index (χ0) is 10.4. The second kappa shape index (κ2) is 5.82. The van der Waals surface area contributed by atoms with E-state index in [4.69, 9.17) is 16.6 Å². The SMILES string of the molecule is CCSC(=S)NN=C(C)c1ccco1. The van der Waals surface area contributed by atoms with Crippen molar-refractivity contribution in [2.24, 2.45) is 5.10 Å². The lowest BCUT2D eigenvalue weighted by molar-refractivity contribution is 0.556. The van der Waals surface area contributed by atoms with Crippen LogP contribution in [-0.2, 0) is 0 Å². The fourth-order valence-electron chi connectivity index (χ4n) is 0.832. The van der Waals surface area contributed by atoms with Gasteiger partial charge in [-0.15, -0.1) is 0 Å². The van der Waals surface area contributed by atoms with Crippen LogP contribution in [0.25, 0.3) is 0 Å². The third kappa shape index (κ3) is 3.51. The van der Waals surface area contributed by atoms with Crippen LogP contribution in [-0.4, -0.2) is 15.8 Å². The van der Waals surface area contributed by atoms with Gasteiger partial charge in [0.05, 0.1) is 6.26 Å². The number of hydrazone groups is 1.